The Balaban J connectivity index is 1.44. The number of likely N-dealkylation sites (tertiary alicyclic amines) is 1. The van der Waals surface area contributed by atoms with Gasteiger partial charge >= 0.3 is 0 Å². The van der Waals surface area contributed by atoms with Crippen molar-refractivity contribution >= 4 is 27.8 Å². The smallest absolute Gasteiger partial charge is 0.236 e. The molecule has 172 valence electrons. The third-order valence-corrected chi connectivity index (χ3v) is 6.90. The number of rotatable bonds is 5. The number of aromatic amines is 2. The summed E-state index contributed by atoms with van der Waals surface area (Å²) >= 11 is 0. The summed E-state index contributed by atoms with van der Waals surface area (Å²) in [5.41, 5.74) is 7.10. The van der Waals surface area contributed by atoms with Gasteiger partial charge < -0.3 is 19.8 Å². The van der Waals surface area contributed by atoms with E-state index in [0.717, 1.165) is 48.2 Å². The zero-order chi connectivity index (χ0) is 23.1. The van der Waals surface area contributed by atoms with E-state index in [4.69, 9.17) is 0 Å². The number of hydrogen-bond acceptors (Lipinski definition) is 3. The van der Waals surface area contributed by atoms with Crippen LogP contribution in [0.3, 0.4) is 0 Å². The largest absolute Gasteiger partial charge is 0.354 e. The fourth-order valence-electron chi connectivity index (χ4n) is 5.22. The number of aromatic nitrogens is 3. The first-order valence-electron chi connectivity index (χ1n) is 11.9. The number of carbonyl (C=O) groups excluding carboxylic acids is 1. The molecule has 1 amide bonds. The molecule has 0 bridgehead atoms. The van der Waals surface area contributed by atoms with Gasteiger partial charge in [-0.25, -0.2) is 4.98 Å². The Labute approximate surface area is 195 Å². The van der Waals surface area contributed by atoms with E-state index < -0.39 is 0 Å². The lowest BCUT2D eigenvalue weighted by Gasteiger charge is -2.33. The van der Waals surface area contributed by atoms with Gasteiger partial charge in [-0.2, -0.15) is 0 Å². The zero-order valence-corrected chi connectivity index (χ0v) is 20.0. The number of hydrogen-bond donors (Lipinski definition) is 2. The molecular weight excluding hydrogens is 410 g/mol. The van der Waals surface area contributed by atoms with Crippen LogP contribution in [-0.2, 0) is 4.79 Å². The van der Waals surface area contributed by atoms with Gasteiger partial charge in [0.1, 0.15) is 5.65 Å². The second kappa shape index (κ2) is 8.67. The molecule has 4 aromatic rings. The Kier molecular flexibility index (Phi) is 5.71. The van der Waals surface area contributed by atoms with Crippen LogP contribution in [0.4, 0.5) is 0 Å². The lowest BCUT2D eigenvalue weighted by atomic mass is 9.87. The quantitative estimate of drug-likeness (QED) is 0.451. The van der Waals surface area contributed by atoms with Crippen LogP contribution in [0, 0.1) is 0 Å². The third-order valence-electron chi connectivity index (χ3n) is 6.90. The number of amides is 1. The molecule has 33 heavy (non-hydrogen) atoms. The molecule has 6 nitrogen and oxygen atoms in total. The average molecular weight is 444 g/mol. The number of benzene rings is 1. The van der Waals surface area contributed by atoms with E-state index in [0.29, 0.717) is 18.4 Å². The monoisotopic (exact) mass is 443 g/mol. The minimum atomic E-state index is 0.235. The first-order valence-corrected chi connectivity index (χ1v) is 11.9. The van der Waals surface area contributed by atoms with Crippen molar-refractivity contribution in [3.63, 3.8) is 0 Å². The van der Waals surface area contributed by atoms with Crippen molar-refractivity contribution < 1.29 is 4.79 Å². The number of pyridine rings is 1. The minimum absolute atomic E-state index is 0.235. The predicted octanol–water partition coefficient (Wildman–Crippen LogP) is 5.10. The van der Waals surface area contributed by atoms with Gasteiger partial charge in [0.05, 0.1) is 12.2 Å². The van der Waals surface area contributed by atoms with Crippen molar-refractivity contribution in [3.8, 4) is 11.3 Å². The van der Waals surface area contributed by atoms with Crippen LogP contribution in [0.1, 0.15) is 49.7 Å². The van der Waals surface area contributed by atoms with Crippen molar-refractivity contribution in [2.75, 3.05) is 33.7 Å². The number of piperidine rings is 1. The number of nitrogens with zero attached hydrogens (tertiary/aromatic N) is 3. The molecule has 1 saturated heterocycles. The van der Waals surface area contributed by atoms with E-state index in [1.807, 2.05) is 36.3 Å². The lowest BCUT2D eigenvalue weighted by Crippen LogP contribution is -2.42. The minimum Gasteiger partial charge on any atom is -0.354 e. The number of likely N-dealkylation sites (N-methyl/N-ethyl adjacent to an activating group) is 1. The SMILES string of the molecule is CC(C)c1c(-c2cnc3[nH]ccc3c2)[nH]c2ccc(C3CCN(C(=O)CN(C)C)CC3)cc12. The van der Waals surface area contributed by atoms with E-state index in [9.17, 15) is 4.79 Å². The highest BCUT2D eigenvalue weighted by atomic mass is 16.2. The Bertz CT molecular complexity index is 1290. The van der Waals surface area contributed by atoms with Gasteiger partial charge in [-0.05, 0) is 74.2 Å². The molecule has 0 atom stereocenters. The third kappa shape index (κ3) is 4.15. The normalized spacial score (nSPS) is 15.4. The summed E-state index contributed by atoms with van der Waals surface area (Å²) in [4.78, 5) is 27.9. The Morgan fingerprint density at radius 3 is 2.70 bits per heavy atom. The van der Waals surface area contributed by atoms with Gasteiger partial charge in [0.25, 0.3) is 0 Å². The van der Waals surface area contributed by atoms with Crippen molar-refractivity contribution in [2.45, 2.75) is 38.5 Å². The van der Waals surface area contributed by atoms with Gasteiger partial charge in [0.15, 0.2) is 0 Å². The number of fused-ring (bicyclic) bond motifs is 2. The Morgan fingerprint density at radius 2 is 1.97 bits per heavy atom. The predicted molar refractivity (Wildman–Crippen MR) is 135 cm³/mol. The first kappa shape index (κ1) is 21.7. The zero-order valence-electron chi connectivity index (χ0n) is 20.0. The summed E-state index contributed by atoms with van der Waals surface area (Å²) in [5, 5.41) is 2.43. The topological polar surface area (TPSA) is 68.0 Å². The molecule has 4 heterocycles. The summed E-state index contributed by atoms with van der Waals surface area (Å²) in [5.74, 6) is 1.12. The van der Waals surface area contributed by atoms with E-state index in [1.54, 1.807) is 0 Å². The summed E-state index contributed by atoms with van der Waals surface area (Å²) < 4.78 is 0. The molecule has 1 aliphatic rings. The molecule has 2 N–H and O–H groups in total. The standard InChI is InChI=1S/C27H33N5O/c1-17(2)25-22-14-19(18-8-11-32(12-9-18)24(33)16-31(3)4)5-6-23(22)30-26(25)21-13-20-7-10-28-27(20)29-15-21/h5-7,10,13-15,17-18,30H,8-9,11-12,16H2,1-4H3,(H,28,29). The molecule has 1 fully saturated rings. The molecule has 6 heteroatoms. The second-order valence-corrected chi connectivity index (χ2v) is 9.91. The molecule has 0 radical (unpaired) electrons. The van der Waals surface area contributed by atoms with Crippen molar-refractivity contribution in [1.82, 2.24) is 24.8 Å². The van der Waals surface area contributed by atoms with Gasteiger partial charge in [0.2, 0.25) is 5.91 Å². The summed E-state index contributed by atoms with van der Waals surface area (Å²) in [6.45, 7) is 6.69. The second-order valence-electron chi connectivity index (χ2n) is 9.91. The number of nitrogens with one attached hydrogen (secondary N) is 2. The fraction of sp³-hybridized carbons (Fsp3) is 0.407. The molecule has 1 aliphatic heterocycles. The van der Waals surface area contributed by atoms with Crippen molar-refractivity contribution in [1.29, 1.82) is 0 Å². The van der Waals surface area contributed by atoms with Gasteiger partial charge in [0, 0.05) is 47.3 Å². The summed E-state index contributed by atoms with van der Waals surface area (Å²) in [6, 6.07) is 11.1. The number of carbonyl (C=O) groups is 1. The summed E-state index contributed by atoms with van der Waals surface area (Å²) in [6.07, 6.45) is 5.93. The van der Waals surface area contributed by atoms with Crippen LogP contribution >= 0.6 is 0 Å². The van der Waals surface area contributed by atoms with Crippen LogP contribution in [0.15, 0.2) is 42.7 Å². The van der Waals surface area contributed by atoms with Crippen LogP contribution in [0.25, 0.3) is 33.2 Å². The van der Waals surface area contributed by atoms with E-state index >= 15 is 0 Å². The highest BCUT2D eigenvalue weighted by Gasteiger charge is 2.25. The number of H-pyrrole nitrogens is 2. The van der Waals surface area contributed by atoms with Crippen LogP contribution < -0.4 is 0 Å². The van der Waals surface area contributed by atoms with Crippen LogP contribution in [0.2, 0.25) is 0 Å². The maximum absolute atomic E-state index is 12.4. The molecule has 0 aliphatic carbocycles. The molecule has 5 rings (SSSR count). The van der Waals surface area contributed by atoms with Crippen molar-refractivity contribution in [2.24, 2.45) is 0 Å². The summed E-state index contributed by atoms with van der Waals surface area (Å²) in [7, 11) is 3.90. The Morgan fingerprint density at radius 1 is 1.18 bits per heavy atom. The molecule has 0 unspecified atom stereocenters. The molecular formula is C27H33N5O. The molecule has 0 saturated carbocycles. The maximum Gasteiger partial charge on any atom is 0.236 e. The lowest BCUT2D eigenvalue weighted by molar-refractivity contribution is -0.132. The molecule has 1 aromatic carbocycles. The van der Waals surface area contributed by atoms with Crippen LogP contribution in [0.5, 0.6) is 0 Å². The maximum atomic E-state index is 12.4. The highest BCUT2D eigenvalue weighted by molar-refractivity contribution is 5.93. The Hall–Kier alpha value is -3.12. The van der Waals surface area contributed by atoms with E-state index in [2.05, 4.69) is 59.1 Å². The first-order chi connectivity index (χ1) is 15.9. The van der Waals surface area contributed by atoms with Gasteiger partial charge in [-0.15, -0.1) is 0 Å². The van der Waals surface area contributed by atoms with Crippen molar-refractivity contribution in [3.05, 3.63) is 53.9 Å². The molecule has 0 spiro atoms. The van der Waals surface area contributed by atoms with Gasteiger partial charge in [-0.1, -0.05) is 19.9 Å². The fourth-order valence-corrected chi connectivity index (χ4v) is 5.22. The van der Waals surface area contributed by atoms with Crippen LogP contribution in [-0.4, -0.2) is 64.4 Å². The highest BCUT2D eigenvalue weighted by Crippen LogP contribution is 2.38. The molecule has 3 aromatic heterocycles. The van der Waals surface area contributed by atoms with E-state index in [1.165, 1.54) is 22.0 Å². The van der Waals surface area contributed by atoms with E-state index in [-0.39, 0.29) is 5.91 Å². The average Bonchev–Trinajstić information content (AvgIpc) is 3.42. The van der Waals surface area contributed by atoms with Gasteiger partial charge in [-0.3, -0.25) is 4.79 Å².